The molecule has 0 aliphatic carbocycles. The van der Waals surface area contributed by atoms with Crippen molar-refractivity contribution in [3.05, 3.63) is 34.6 Å². The van der Waals surface area contributed by atoms with E-state index in [0.29, 0.717) is 6.42 Å². The zero-order valence-corrected chi connectivity index (χ0v) is 11.4. The van der Waals surface area contributed by atoms with Gasteiger partial charge in [0.25, 0.3) is 5.91 Å². The van der Waals surface area contributed by atoms with Gasteiger partial charge in [-0.1, -0.05) is 37.9 Å². The third kappa shape index (κ3) is 3.67. The summed E-state index contributed by atoms with van der Waals surface area (Å²) in [6, 6.07) is 2.94. The van der Waals surface area contributed by atoms with E-state index in [1.807, 2.05) is 6.92 Å². The Morgan fingerprint density at radius 3 is 2.63 bits per heavy atom. The molecule has 0 bridgehead atoms. The number of carboxylic acids is 1. The van der Waals surface area contributed by atoms with Crippen LogP contribution in [0.4, 0.5) is 4.39 Å². The molecule has 0 radical (unpaired) electrons. The maximum atomic E-state index is 13.6. The van der Waals surface area contributed by atoms with Gasteiger partial charge in [-0.2, -0.15) is 0 Å². The second-order valence-corrected chi connectivity index (χ2v) is 4.68. The molecule has 0 heterocycles. The number of halogens is 2. The van der Waals surface area contributed by atoms with Crippen LogP contribution in [0.3, 0.4) is 0 Å². The van der Waals surface area contributed by atoms with Crippen LogP contribution in [0.1, 0.15) is 30.6 Å². The molecule has 1 unspecified atom stereocenters. The van der Waals surface area contributed by atoms with Gasteiger partial charge in [-0.25, -0.2) is 9.18 Å². The Kier molecular flexibility index (Phi) is 5.30. The Balaban J connectivity index is 2.94. The fourth-order valence-corrected chi connectivity index (χ4v) is 1.76. The summed E-state index contributed by atoms with van der Waals surface area (Å²) in [5.74, 6) is -3.04. The summed E-state index contributed by atoms with van der Waals surface area (Å²) < 4.78 is 13.6. The first kappa shape index (κ1) is 15.4. The summed E-state index contributed by atoms with van der Waals surface area (Å²) in [5, 5.41) is 11.2. The molecule has 1 amide bonds. The molecule has 19 heavy (non-hydrogen) atoms. The van der Waals surface area contributed by atoms with Crippen molar-refractivity contribution in [1.29, 1.82) is 0 Å². The van der Waals surface area contributed by atoms with Gasteiger partial charge in [0, 0.05) is 0 Å². The number of rotatable bonds is 5. The van der Waals surface area contributed by atoms with Crippen molar-refractivity contribution in [1.82, 2.24) is 5.32 Å². The average molecular weight is 288 g/mol. The third-order valence-electron chi connectivity index (χ3n) is 2.96. The number of nitrogens with one attached hydrogen (secondary N) is 1. The molecule has 0 spiro atoms. The highest BCUT2D eigenvalue weighted by Gasteiger charge is 2.26. The molecule has 1 aromatic carbocycles. The number of aliphatic carboxylic acids is 1. The first-order valence-electron chi connectivity index (χ1n) is 5.86. The van der Waals surface area contributed by atoms with E-state index in [-0.39, 0.29) is 16.5 Å². The van der Waals surface area contributed by atoms with Crippen LogP contribution in [-0.2, 0) is 4.79 Å². The molecule has 0 aromatic heterocycles. The first-order chi connectivity index (χ1) is 8.88. The van der Waals surface area contributed by atoms with Crippen LogP contribution < -0.4 is 5.32 Å². The Bertz CT molecular complexity index is 493. The number of carbonyl (C=O) groups is 2. The van der Waals surface area contributed by atoms with Crippen LogP contribution in [-0.4, -0.2) is 23.0 Å². The van der Waals surface area contributed by atoms with E-state index in [1.165, 1.54) is 18.2 Å². The van der Waals surface area contributed by atoms with Crippen molar-refractivity contribution in [2.75, 3.05) is 0 Å². The van der Waals surface area contributed by atoms with E-state index in [0.717, 1.165) is 0 Å². The number of benzene rings is 1. The Hall–Kier alpha value is -1.62. The molecule has 0 saturated carbocycles. The number of carboxylic acid groups (broad SMARTS) is 1. The van der Waals surface area contributed by atoms with Crippen molar-refractivity contribution < 1.29 is 19.1 Å². The predicted molar refractivity (Wildman–Crippen MR) is 69.8 cm³/mol. The Morgan fingerprint density at radius 2 is 2.11 bits per heavy atom. The van der Waals surface area contributed by atoms with Crippen molar-refractivity contribution in [3.8, 4) is 0 Å². The van der Waals surface area contributed by atoms with Crippen molar-refractivity contribution >= 4 is 23.5 Å². The van der Waals surface area contributed by atoms with Crippen molar-refractivity contribution in [2.24, 2.45) is 5.92 Å². The van der Waals surface area contributed by atoms with Gasteiger partial charge >= 0.3 is 5.97 Å². The molecule has 0 aliphatic heterocycles. The van der Waals surface area contributed by atoms with Gasteiger partial charge in [0.15, 0.2) is 5.82 Å². The van der Waals surface area contributed by atoms with Crippen molar-refractivity contribution in [3.63, 3.8) is 0 Å². The van der Waals surface area contributed by atoms with Crippen LogP contribution >= 0.6 is 11.6 Å². The second-order valence-electron chi connectivity index (χ2n) is 4.28. The smallest absolute Gasteiger partial charge is 0.326 e. The van der Waals surface area contributed by atoms with Gasteiger partial charge in [-0.05, 0) is 18.1 Å². The summed E-state index contributed by atoms with van der Waals surface area (Å²) in [5.41, 5.74) is -0.262. The lowest BCUT2D eigenvalue weighted by atomic mass is 9.99. The standard InChI is InChI=1S/C13H15ClFNO3/c1-3-7(2)11(13(18)19)16-12(17)8-5-4-6-9(14)10(8)15/h4-7,11H,3H2,1-2H3,(H,16,17)(H,18,19)/t7?,11-/m0/s1. The van der Waals surface area contributed by atoms with Crippen LogP contribution in [0.2, 0.25) is 5.02 Å². The minimum absolute atomic E-state index is 0.178. The molecular weight excluding hydrogens is 273 g/mol. The normalized spacial score (nSPS) is 13.7. The largest absolute Gasteiger partial charge is 0.480 e. The minimum atomic E-state index is -1.15. The number of carbonyl (C=O) groups excluding carboxylic acids is 1. The zero-order valence-electron chi connectivity index (χ0n) is 10.6. The van der Waals surface area contributed by atoms with Gasteiger partial charge < -0.3 is 10.4 Å². The molecule has 1 aromatic rings. The van der Waals surface area contributed by atoms with Gasteiger partial charge in [0.2, 0.25) is 0 Å². The predicted octanol–water partition coefficient (Wildman–Crippen LogP) is 2.71. The highest BCUT2D eigenvalue weighted by molar-refractivity contribution is 6.31. The molecule has 0 saturated heterocycles. The van der Waals surface area contributed by atoms with E-state index in [4.69, 9.17) is 16.7 Å². The summed E-state index contributed by atoms with van der Waals surface area (Å²) in [6.45, 7) is 3.51. The maximum Gasteiger partial charge on any atom is 0.326 e. The van der Waals surface area contributed by atoms with E-state index < -0.39 is 23.7 Å². The second kappa shape index (κ2) is 6.52. The number of hydrogen-bond donors (Lipinski definition) is 2. The summed E-state index contributed by atoms with van der Waals surface area (Å²) in [6.07, 6.45) is 0.579. The van der Waals surface area contributed by atoms with Crippen LogP contribution in [0.25, 0.3) is 0 Å². The molecular formula is C13H15ClFNO3. The molecule has 2 atom stereocenters. The third-order valence-corrected chi connectivity index (χ3v) is 3.25. The molecule has 104 valence electrons. The van der Waals surface area contributed by atoms with Crippen LogP contribution in [0.5, 0.6) is 0 Å². The molecule has 1 rings (SSSR count). The molecule has 0 aliphatic rings. The van der Waals surface area contributed by atoms with Gasteiger partial charge in [-0.15, -0.1) is 0 Å². The monoisotopic (exact) mass is 287 g/mol. The fourth-order valence-electron chi connectivity index (χ4n) is 1.58. The highest BCUT2D eigenvalue weighted by Crippen LogP contribution is 2.18. The lowest BCUT2D eigenvalue weighted by molar-refractivity contribution is -0.140. The average Bonchev–Trinajstić information content (AvgIpc) is 2.37. The van der Waals surface area contributed by atoms with Gasteiger partial charge in [-0.3, -0.25) is 4.79 Å². The van der Waals surface area contributed by atoms with E-state index >= 15 is 0 Å². The molecule has 2 N–H and O–H groups in total. The highest BCUT2D eigenvalue weighted by atomic mass is 35.5. The molecule has 4 nitrogen and oxygen atoms in total. The van der Waals surface area contributed by atoms with E-state index in [2.05, 4.69) is 5.32 Å². The maximum absolute atomic E-state index is 13.6. The van der Waals surface area contributed by atoms with Crippen molar-refractivity contribution in [2.45, 2.75) is 26.3 Å². The Labute approximate surface area is 115 Å². The molecule has 0 fully saturated rings. The lowest BCUT2D eigenvalue weighted by Gasteiger charge is -2.20. The lowest BCUT2D eigenvalue weighted by Crippen LogP contribution is -2.45. The SMILES string of the molecule is CCC(C)[C@H](NC(=O)c1cccc(Cl)c1F)C(=O)O. The fraction of sp³-hybridized carbons (Fsp3) is 0.385. The summed E-state index contributed by atoms with van der Waals surface area (Å²) in [7, 11) is 0. The van der Waals surface area contributed by atoms with Gasteiger partial charge in [0.05, 0.1) is 10.6 Å². The molecule has 6 heteroatoms. The summed E-state index contributed by atoms with van der Waals surface area (Å²) >= 11 is 5.58. The van der Waals surface area contributed by atoms with E-state index in [1.54, 1.807) is 6.92 Å². The van der Waals surface area contributed by atoms with Crippen LogP contribution in [0.15, 0.2) is 18.2 Å². The van der Waals surface area contributed by atoms with Crippen LogP contribution in [0, 0.1) is 11.7 Å². The topological polar surface area (TPSA) is 66.4 Å². The zero-order chi connectivity index (χ0) is 14.6. The van der Waals surface area contributed by atoms with E-state index in [9.17, 15) is 14.0 Å². The Morgan fingerprint density at radius 1 is 1.47 bits per heavy atom. The first-order valence-corrected chi connectivity index (χ1v) is 6.24. The minimum Gasteiger partial charge on any atom is -0.480 e. The quantitative estimate of drug-likeness (QED) is 0.875. The van der Waals surface area contributed by atoms with Gasteiger partial charge in [0.1, 0.15) is 6.04 Å². The number of hydrogen-bond acceptors (Lipinski definition) is 2. The summed E-state index contributed by atoms with van der Waals surface area (Å²) in [4.78, 5) is 23.0. The number of amides is 1.